The Bertz CT molecular complexity index is 1350. The van der Waals surface area contributed by atoms with Crippen molar-refractivity contribution < 1.29 is 71.8 Å². The lowest BCUT2D eigenvalue weighted by Crippen LogP contribution is -2.76. The number of carbonyl (C=O) groups excluding carboxylic acids is 6. The van der Waals surface area contributed by atoms with Crippen LogP contribution in [0.4, 0.5) is 0 Å². The summed E-state index contributed by atoms with van der Waals surface area (Å²) in [6.45, 7) is 8.20. The number of fused-ring (bicyclic) bond motifs is 3. The van der Waals surface area contributed by atoms with E-state index in [-0.39, 0.29) is 13.2 Å². The molecule has 2 saturated heterocycles. The van der Waals surface area contributed by atoms with Crippen LogP contribution in [-0.4, -0.2) is 109 Å². The molecule has 2 heterocycles. The number of methoxy groups -OCH3 is 1. The van der Waals surface area contributed by atoms with Gasteiger partial charge in [0, 0.05) is 47.6 Å². The number of aliphatic hydroxyl groups is 1. The molecule has 15 heteroatoms. The van der Waals surface area contributed by atoms with E-state index in [0.29, 0.717) is 5.57 Å². The number of carbonyl (C=O) groups is 6. The number of ether oxygens (including phenoxy) is 8. The third-order valence-corrected chi connectivity index (χ3v) is 9.12. The maximum absolute atomic E-state index is 13.2. The molecule has 1 spiro atoms. The fourth-order valence-corrected chi connectivity index (χ4v) is 7.27. The van der Waals surface area contributed by atoms with Crippen molar-refractivity contribution >= 4 is 35.8 Å². The molecule has 0 amide bonds. The van der Waals surface area contributed by atoms with Crippen LogP contribution in [0.2, 0.25) is 0 Å². The molecule has 4 rings (SSSR count). The van der Waals surface area contributed by atoms with Crippen LogP contribution in [0, 0.1) is 17.3 Å². The molecule has 0 radical (unpaired) electrons. The summed E-state index contributed by atoms with van der Waals surface area (Å²) in [4.78, 5) is 76.5. The fraction of sp³-hybridized carbons (Fsp3) is 0.677. The quantitative estimate of drug-likeness (QED) is 0.226. The van der Waals surface area contributed by atoms with Gasteiger partial charge >= 0.3 is 35.8 Å². The van der Waals surface area contributed by atoms with Crippen LogP contribution in [0.3, 0.4) is 0 Å². The fourth-order valence-electron chi connectivity index (χ4n) is 7.27. The first kappa shape index (κ1) is 35.0. The second-order valence-corrected chi connectivity index (χ2v) is 12.3. The molecule has 0 unspecified atom stereocenters. The SMILES string of the molecule is COCC1=C\[C@@H]2OC(=O)[C@H](C)[C@]2(O)[C@@H](OC(C)=O)[C@@H]2[C@@]3(CO3)[C@H](OC(C)=O)[C@H](OC(C)=O)[C@H](OC(C)=O)[C@]2(C)[C@@H](OC(C)=O)\C=C\1. The Labute approximate surface area is 265 Å². The predicted octanol–water partition coefficient (Wildman–Crippen LogP) is 0.485. The second kappa shape index (κ2) is 12.8. The Kier molecular flexibility index (Phi) is 9.72. The van der Waals surface area contributed by atoms with Crippen molar-refractivity contribution in [3.05, 3.63) is 23.8 Å². The third kappa shape index (κ3) is 6.02. The Morgan fingerprint density at radius 1 is 0.870 bits per heavy atom. The standard InChI is InChI=1S/C31H40O15/c1-14-28(37)46-22-11-20(12-39-8)9-10-21(41-15(2)32)29(7)24(27(31(14,22)38)45-19(6)36)30(13-40-30)26(44-18(5)35)23(42-16(3)33)25(29)43-17(4)34/h9-11,14,21-27,38H,12-13H2,1-8H3/b10-9+,20-11-/t14-,21-,22-,23+,24-,25-,26+,27-,29+,30-,31+/m0/s1. The molecule has 46 heavy (non-hydrogen) atoms. The maximum Gasteiger partial charge on any atom is 0.312 e. The van der Waals surface area contributed by atoms with Crippen LogP contribution < -0.4 is 0 Å². The van der Waals surface area contributed by atoms with Gasteiger partial charge in [0.2, 0.25) is 0 Å². The summed E-state index contributed by atoms with van der Waals surface area (Å²) in [5.74, 6) is -7.67. The van der Waals surface area contributed by atoms with Gasteiger partial charge in [-0.05, 0) is 24.6 Å². The lowest BCUT2D eigenvalue weighted by molar-refractivity contribution is -0.279. The van der Waals surface area contributed by atoms with Gasteiger partial charge < -0.3 is 43.0 Å². The highest BCUT2D eigenvalue weighted by molar-refractivity contribution is 5.78. The van der Waals surface area contributed by atoms with E-state index >= 15 is 0 Å². The summed E-state index contributed by atoms with van der Waals surface area (Å²) in [5, 5.41) is 12.7. The number of esters is 6. The zero-order valence-corrected chi connectivity index (χ0v) is 26.9. The van der Waals surface area contributed by atoms with Gasteiger partial charge in [-0.25, -0.2) is 0 Å². The molecule has 2 aliphatic heterocycles. The zero-order valence-electron chi connectivity index (χ0n) is 26.9. The van der Waals surface area contributed by atoms with E-state index in [1.807, 2.05) is 0 Å². The smallest absolute Gasteiger partial charge is 0.312 e. The monoisotopic (exact) mass is 652 g/mol. The molecule has 2 aliphatic carbocycles. The normalized spacial score (nSPS) is 41.3. The molecule has 0 aromatic rings. The summed E-state index contributed by atoms with van der Waals surface area (Å²) >= 11 is 0. The highest BCUT2D eigenvalue weighted by Crippen LogP contribution is 2.63. The van der Waals surface area contributed by atoms with E-state index in [9.17, 15) is 33.9 Å². The molecule has 4 aliphatic rings. The Balaban J connectivity index is 2.17. The lowest BCUT2D eigenvalue weighted by Gasteiger charge is -2.59. The first-order valence-electron chi connectivity index (χ1n) is 14.7. The molecule has 1 N–H and O–H groups in total. The summed E-state index contributed by atoms with van der Waals surface area (Å²) in [6.07, 6.45) is -4.71. The highest BCUT2D eigenvalue weighted by atomic mass is 16.7. The number of hydrogen-bond acceptors (Lipinski definition) is 15. The molecule has 15 nitrogen and oxygen atoms in total. The minimum absolute atomic E-state index is 0.0504. The van der Waals surface area contributed by atoms with E-state index in [1.54, 1.807) is 0 Å². The lowest BCUT2D eigenvalue weighted by atomic mass is 9.51. The Morgan fingerprint density at radius 2 is 1.39 bits per heavy atom. The average molecular weight is 653 g/mol. The van der Waals surface area contributed by atoms with Crippen molar-refractivity contribution in [1.82, 2.24) is 0 Å². The van der Waals surface area contributed by atoms with Crippen molar-refractivity contribution in [2.45, 2.75) is 96.3 Å². The van der Waals surface area contributed by atoms with Gasteiger partial charge in [0.1, 0.15) is 17.8 Å². The van der Waals surface area contributed by atoms with Gasteiger partial charge in [-0.1, -0.05) is 13.0 Å². The Hall–Kier alpha value is -3.82. The molecule has 11 atom stereocenters. The van der Waals surface area contributed by atoms with Crippen molar-refractivity contribution in [2.24, 2.45) is 17.3 Å². The summed E-state index contributed by atoms with van der Waals surface area (Å²) in [5.41, 5.74) is -5.45. The first-order valence-corrected chi connectivity index (χ1v) is 14.7. The van der Waals surface area contributed by atoms with E-state index < -0.39 is 101 Å². The summed E-state index contributed by atoms with van der Waals surface area (Å²) in [7, 11) is 1.41. The van der Waals surface area contributed by atoms with Crippen molar-refractivity contribution in [3.8, 4) is 0 Å². The summed E-state index contributed by atoms with van der Waals surface area (Å²) in [6, 6.07) is 0. The van der Waals surface area contributed by atoms with Crippen LogP contribution in [0.15, 0.2) is 23.8 Å². The maximum atomic E-state index is 13.2. The molecule has 0 bridgehead atoms. The Morgan fingerprint density at radius 3 is 1.89 bits per heavy atom. The van der Waals surface area contributed by atoms with Gasteiger partial charge in [-0.2, -0.15) is 0 Å². The van der Waals surface area contributed by atoms with Crippen molar-refractivity contribution in [1.29, 1.82) is 0 Å². The first-order chi connectivity index (χ1) is 21.4. The van der Waals surface area contributed by atoms with Crippen LogP contribution in [0.25, 0.3) is 0 Å². The topological polar surface area (TPSA) is 200 Å². The number of rotatable bonds is 7. The van der Waals surface area contributed by atoms with E-state index in [4.69, 9.17) is 37.9 Å². The molecule has 1 saturated carbocycles. The van der Waals surface area contributed by atoms with Crippen LogP contribution in [0.1, 0.15) is 48.5 Å². The predicted molar refractivity (Wildman–Crippen MR) is 151 cm³/mol. The minimum Gasteiger partial charge on any atom is -0.459 e. The van der Waals surface area contributed by atoms with Crippen LogP contribution in [0.5, 0.6) is 0 Å². The third-order valence-electron chi connectivity index (χ3n) is 9.12. The van der Waals surface area contributed by atoms with Gasteiger partial charge in [-0.3, -0.25) is 28.8 Å². The van der Waals surface area contributed by atoms with E-state index in [2.05, 4.69) is 0 Å². The van der Waals surface area contributed by atoms with Crippen molar-refractivity contribution in [2.75, 3.05) is 20.3 Å². The zero-order chi connectivity index (χ0) is 34.4. The molecule has 3 fully saturated rings. The second-order valence-electron chi connectivity index (χ2n) is 12.3. The average Bonchev–Trinajstić information content (AvgIpc) is 3.69. The van der Waals surface area contributed by atoms with Crippen LogP contribution >= 0.6 is 0 Å². The van der Waals surface area contributed by atoms with Crippen molar-refractivity contribution in [3.63, 3.8) is 0 Å². The van der Waals surface area contributed by atoms with Gasteiger partial charge in [0.15, 0.2) is 30.0 Å². The molecular formula is C31H40O15. The van der Waals surface area contributed by atoms with E-state index in [1.165, 1.54) is 39.2 Å². The van der Waals surface area contributed by atoms with Gasteiger partial charge in [-0.15, -0.1) is 0 Å². The number of epoxide rings is 1. The minimum atomic E-state index is -2.33. The highest BCUT2D eigenvalue weighted by Gasteiger charge is 2.81. The van der Waals surface area contributed by atoms with Gasteiger partial charge in [0.25, 0.3) is 0 Å². The number of hydrogen-bond donors (Lipinski definition) is 1. The molecule has 0 aromatic heterocycles. The molecule has 0 aromatic carbocycles. The molecular weight excluding hydrogens is 612 g/mol. The summed E-state index contributed by atoms with van der Waals surface area (Å²) < 4.78 is 46.1. The molecule has 254 valence electrons. The van der Waals surface area contributed by atoms with Crippen LogP contribution in [-0.2, 0) is 66.7 Å². The van der Waals surface area contributed by atoms with Gasteiger partial charge in [0.05, 0.1) is 24.5 Å². The largest absolute Gasteiger partial charge is 0.459 e. The van der Waals surface area contributed by atoms with E-state index in [0.717, 1.165) is 34.6 Å².